The highest BCUT2D eigenvalue weighted by Gasteiger charge is 2.23. The fourth-order valence-electron chi connectivity index (χ4n) is 3.12. The summed E-state index contributed by atoms with van der Waals surface area (Å²) < 4.78 is 10.7. The van der Waals surface area contributed by atoms with Crippen molar-refractivity contribution in [2.75, 3.05) is 52.9 Å². The highest BCUT2D eigenvalue weighted by Crippen LogP contribution is 2.24. The van der Waals surface area contributed by atoms with Gasteiger partial charge in [0.2, 0.25) is 0 Å². The Morgan fingerprint density at radius 1 is 1.27 bits per heavy atom. The number of rotatable bonds is 9. The van der Waals surface area contributed by atoms with Crippen LogP contribution in [0, 0.1) is 0 Å². The SMILES string of the molecule is CN=C(NCCCSC)NC1CCN(Cc2cc(OC)cc(OC)c2)C1. The molecule has 6 nitrogen and oxygen atoms in total. The van der Waals surface area contributed by atoms with Crippen LogP contribution < -0.4 is 20.1 Å². The normalized spacial score (nSPS) is 18.0. The summed E-state index contributed by atoms with van der Waals surface area (Å²) in [6.45, 7) is 3.93. The van der Waals surface area contributed by atoms with Crippen LogP contribution >= 0.6 is 11.8 Å². The lowest BCUT2D eigenvalue weighted by Crippen LogP contribution is -2.44. The van der Waals surface area contributed by atoms with Crippen molar-refractivity contribution in [3.05, 3.63) is 23.8 Å². The van der Waals surface area contributed by atoms with Crippen LogP contribution in [0.15, 0.2) is 23.2 Å². The minimum atomic E-state index is 0.425. The summed E-state index contributed by atoms with van der Waals surface area (Å²) in [4.78, 5) is 6.79. The van der Waals surface area contributed by atoms with Crippen molar-refractivity contribution in [1.82, 2.24) is 15.5 Å². The zero-order valence-corrected chi connectivity index (χ0v) is 17.2. The highest BCUT2D eigenvalue weighted by atomic mass is 32.2. The van der Waals surface area contributed by atoms with Gasteiger partial charge in [0.25, 0.3) is 0 Å². The van der Waals surface area contributed by atoms with Gasteiger partial charge >= 0.3 is 0 Å². The Bertz CT molecular complexity index is 560. The number of hydrogen-bond acceptors (Lipinski definition) is 5. The second-order valence-corrected chi connectivity index (χ2v) is 7.42. The van der Waals surface area contributed by atoms with Gasteiger partial charge in [-0.05, 0) is 42.5 Å². The van der Waals surface area contributed by atoms with E-state index in [1.165, 1.54) is 11.3 Å². The Morgan fingerprint density at radius 3 is 2.62 bits per heavy atom. The maximum Gasteiger partial charge on any atom is 0.191 e. The van der Waals surface area contributed by atoms with Gasteiger partial charge in [-0.3, -0.25) is 9.89 Å². The van der Waals surface area contributed by atoms with Crippen LogP contribution in [0.2, 0.25) is 0 Å². The average Bonchev–Trinajstić information content (AvgIpc) is 3.10. The van der Waals surface area contributed by atoms with Crippen molar-refractivity contribution in [2.24, 2.45) is 4.99 Å². The third-order valence-electron chi connectivity index (χ3n) is 4.47. The van der Waals surface area contributed by atoms with E-state index in [9.17, 15) is 0 Å². The standard InChI is InChI=1S/C19H32N4O2S/c1-20-19(21-7-5-9-26-4)22-16-6-8-23(14-16)13-15-10-17(24-2)12-18(11-15)25-3/h10-12,16H,5-9,13-14H2,1-4H3,(H2,20,21,22). The molecule has 0 aromatic heterocycles. The molecule has 0 spiro atoms. The lowest BCUT2D eigenvalue weighted by atomic mass is 10.2. The molecule has 1 aromatic carbocycles. The van der Waals surface area contributed by atoms with Crippen LogP contribution in [0.25, 0.3) is 0 Å². The zero-order valence-electron chi connectivity index (χ0n) is 16.4. The number of benzene rings is 1. The van der Waals surface area contributed by atoms with Gasteiger partial charge in [-0.2, -0.15) is 11.8 Å². The second-order valence-electron chi connectivity index (χ2n) is 6.43. The molecule has 0 saturated carbocycles. The Kier molecular flexibility index (Phi) is 8.91. The van der Waals surface area contributed by atoms with Crippen molar-refractivity contribution >= 4 is 17.7 Å². The fourth-order valence-corrected chi connectivity index (χ4v) is 3.55. The minimum absolute atomic E-state index is 0.425. The molecule has 1 atom stereocenters. The molecule has 0 radical (unpaired) electrons. The summed E-state index contributed by atoms with van der Waals surface area (Å²) in [5, 5.41) is 6.94. The molecule has 0 amide bonds. The second kappa shape index (κ2) is 11.2. The number of aliphatic imine (C=N–C) groups is 1. The van der Waals surface area contributed by atoms with E-state index < -0.39 is 0 Å². The number of ether oxygens (including phenoxy) is 2. The first kappa shape index (κ1) is 20.7. The molecule has 1 unspecified atom stereocenters. The Labute approximate surface area is 161 Å². The molecule has 0 aliphatic carbocycles. The summed E-state index contributed by atoms with van der Waals surface area (Å²) in [5.74, 6) is 3.75. The van der Waals surface area contributed by atoms with E-state index in [2.05, 4.69) is 38.9 Å². The van der Waals surface area contributed by atoms with Crippen LogP contribution in [0.1, 0.15) is 18.4 Å². The maximum absolute atomic E-state index is 5.37. The number of guanidine groups is 1. The van der Waals surface area contributed by atoms with Gasteiger partial charge in [-0.25, -0.2) is 0 Å². The van der Waals surface area contributed by atoms with Gasteiger partial charge in [-0.1, -0.05) is 0 Å². The highest BCUT2D eigenvalue weighted by molar-refractivity contribution is 7.98. The quantitative estimate of drug-likeness (QED) is 0.389. The lowest BCUT2D eigenvalue weighted by Gasteiger charge is -2.19. The number of nitrogens with one attached hydrogen (secondary N) is 2. The third-order valence-corrected chi connectivity index (χ3v) is 5.17. The Morgan fingerprint density at radius 2 is 2.00 bits per heavy atom. The first-order valence-corrected chi connectivity index (χ1v) is 10.5. The predicted molar refractivity (Wildman–Crippen MR) is 111 cm³/mol. The van der Waals surface area contributed by atoms with Crippen molar-refractivity contribution < 1.29 is 9.47 Å². The van der Waals surface area contributed by atoms with Gasteiger partial charge < -0.3 is 20.1 Å². The molecule has 0 bridgehead atoms. The van der Waals surface area contributed by atoms with Crippen LogP contribution in [-0.2, 0) is 6.54 Å². The monoisotopic (exact) mass is 380 g/mol. The molecular weight excluding hydrogens is 348 g/mol. The smallest absolute Gasteiger partial charge is 0.191 e. The molecule has 26 heavy (non-hydrogen) atoms. The molecule has 1 aliphatic rings. The molecule has 1 heterocycles. The number of thioether (sulfide) groups is 1. The number of likely N-dealkylation sites (tertiary alicyclic amines) is 1. The summed E-state index contributed by atoms with van der Waals surface area (Å²) in [5.41, 5.74) is 1.21. The van der Waals surface area contributed by atoms with E-state index in [0.29, 0.717) is 6.04 Å². The van der Waals surface area contributed by atoms with Gasteiger partial charge in [0.05, 0.1) is 14.2 Å². The summed E-state index contributed by atoms with van der Waals surface area (Å²) in [7, 11) is 5.21. The van der Waals surface area contributed by atoms with Crippen molar-refractivity contribution in [3.63, 3.8) is 0 Å². The van der Waals surface area contributed by atoms with Crippen LogP contribution in [0.3, 0.4) is 0 Å². The van der Waals surface area contributed by atoms with E-state index in [-0.39, 0.29) is 0 Å². The first-order valence-electron chi connectivity index (χ1n) is 9.09. The van der Waals surface area contributed by atoms with Crippen molar-refractivity contribution in [2.45, 2.75) is 25.4 Å². The fraction of sp³-hybridized carbons (Fsp3) is 0.632. The maximum atomic E-state index is 5.37. The van der Waals surface area contributed by atoms with E-state index in [1.807, 2.05) is 24.9 Å². The molecule has 1 aliphatic heterocycles. The Balaban J connectivity index is 1.82. The topological polar surface area (TPSA) is 58.1 Å². The molecule has 2 rings (SSSR count). The molecule has 146 valence electrons. The average molecular weight is 381 g/mol. The third kappa shape index (κ3) is 6.61. The number of hydrogen-bond donors (Lipinski definition) is 2. The molecule has 1 fully saturated rings. The molecule has 7 heteroatoms. The zero-order chi connectivity index (χ0) is 18.8. The number of methoxy groups -OCH3 is 2. The molecule has 1 aromatic rings. The van der Waals surface area contributed by atoms with Crippen LogP contribution in [-0.4, -0.2) is 69.8 Å². The summed E-state index contributed by atoms with van der Waals surface area (Å²) in [6, 6.07) is 6.49. The summed E-state index contributed by atoms with van der Waals surface area (Å²) in [6.07, 6.45) is 4.40. The van der Waals surface area contributed by atoms with Crippen molar-refractivity contribution in [1.29, 1.82) is 0 Å². The largest absolute Gasteiger partial charge is 0.497 e. The van der Waals surface area contributed by atoms with E-state index in [1.54, 1.807) is 14.2 Å². The van der Waals surface area contributed by atoms with Gasteiger partial charge in [-0.15, -0.1) is 0 Å². The van der Waals surface area contributed by atoms with E-state index >= 15 is 0 Å². The van der Waals surface area contributed by atoms with Gasteiger partial charge in [0.1, 0.15) is 11.5 Å². The molecule has 2 N–H and O–H groups in total. The van der Waals surface area contributed by atoms with Gasteiger partial charge in [0, 0.05) is 45.3 Å². The van der Waals surface area contributed by atoms with Crippen LogP contribution in [0.5, 0.6) is 11.5 Å². The van der Waals surface area contributed by atoms with E-state index in [0.717, 1.165) is 56.5 Å². The number of nitrogens with zero attached hydrogens (tertiary/aromatic N) is 2. The first-order chi connectivity index (χ1) is 12.7. The minimum Gasteiger partial charge on any atom is -0.497 e. The summed E-state index contributed by atoms with van der Waals surface area (Å²) >= 11 is 1.88. The van der Waals surface area contributed by atoms with Gasteiger partial charge in [0.15, 0.2) is 5.96 Å². The predicted octanol–water partition coefficient (Wildman–Crippen LogP) is 2.20. The lowest BCUT2D eigenvalue weighted by molar-refractivity contribution is 0.321. The van der Waals surface area contributed by atoms with Crippen LogP contribution in [0.4, 0.5) is 0 Å². The Hall–Kier alpha value is -1.60. The van der Waals surface area contributed by atoms with E-state index in [4.69, 9.17) is 9.47 Å². The van der Waals surface area contributed by atoms with Crippen molar-refractivity contribution in [3.8, 4) is 11.5 Å². The molecular formula is C19H32N4O2S. The molecule has 1 saturated heterocycles.